The molecule has 0 radical (unpaired) electrons. The van der Waals surface area contributed by atoms with Gasteiger partial charge in [0.05, 0.1) is 119 Å². The number of amides is 2. The molecule has 0 aliphatic heterocycles. The Labute approximate surface area is 285 Å². The fraction of sp³-hybridized carbons (Fsp3) is 0.758. The van der Waals surface area contributed by atoms with Crippen LogP contribution >= 0.6 is 0 Å². The van der Waals surface area contributed by atoms with Gasteiger partial charge in [-0.3, -0.25) is 4.79 Å². The molecule has 0 aliphatic carbocycles. The van der Waals surface area contributed by atoms with Crippen molar-refractivity contribution in [3.8, 4) is 5.75 Å². The minimum Gasteiger partial charge on any atom is -0.491 e. The smallest absolute Gasteiger partial charge is 0.407 e. The lowest BCUT2D eigenvalue weighted by Gasteiger charge is -2.19. The van der Waals surface area contributed by atoms with Crippen molar-refractivity contribution < 1.29 is 61.7 Å². The lowest BCUT2D eigenvalue weighted by Crippen LogP contribution is -2.34. The van der Waals surface area contributed by atoms with Gasteiger partial charge in [-0.2, -0.15) is 0 Å². The molecule has 2 N–H and O–H groups in total. The van der Waals surface area contributed by atoms with Crippen LogP contribution in [-0.4, -0.2) is 150 Å². The fourth-order valence-corrected chi connectivity index (χ4v) is 3.46. The molecule has 1 aromatic rings. The van der Waals surface area contributed by atoms with Crippen LogP contribution < -0.4 is 15.4 Å². The predicted molar refractivity (Wildman–Crippen MR) is 178 cm³/mol. The van der Waals surface area contributed by atoms with Gasteiger partial charge in [-0.05, 0) is 45.0 Å². The number of benzene rings is 1. The van der Waals surface area contributed by atoms with E-state index < -0.39 is 11.7 Å². The van der Waals surface area contributed by atoms with Crippen LogP contribution in [-0.2, 0) is 52.2 Å². The van der Waals surface area contributed by atoms with Crippen LogP contribution in [0.15, 0.2) is 24.3 Å². The zero-order valence-corrected chi connectivity index (χ0v) is 29.3. The Bertz CT molecular complexity index is 901. The first kappa shape index (κ1) is 43.4. The number of ether oxygens (including phenoxy) is 11. The summed E-state index contributed by atoms with van der Waals surface area (Å²) in [6, 6.07) is 7.16. The van der Waals surface area contributed by atoms with E-state index in [1.165, 1.54) is 6.92 Å². The van der Waals surface area contributed by atoms with E-state index in [2.05, 4.69) is 10.6 Å². The van der Waals surface area contributed by atoms with Crippen molar-refractivity contribution in [3.63, 3.8) is 0 Å². The predicted octanol–water partition coefficient (Wildman–Crippen LogP) is 2.70. The molecule has 278 valence electrons. The number of alkyl carbamates (subject to hydrolysis) is 1. The molecular formula is C33H58N2O13. The SMILES string of the molecule is CC(=O)Nc1ccc(OCCOCCOCCOCCOCCOCCOCCOCCOCCOCCNC(=O)OC(C)(C)C)cc1. The van der Waals surface area contributed by atoms with Crippen molar-refractivity contribution in [3.05, 3.63) is 24.3 Å². The number of rotatable bonds is 32. The quantitative estimate of drug-likeness (QED) is 0.106. The third-order valence-corrected chi connectivity index (χ3v) is 5.56. The summed E-state index contributed by atoms with van der Waals surface area (Å²) in [6.45, 7) is 16.2. The van der Waals surface area contributed by atoms with E-state index >= 15 is 0 Å². The lowest BCUT2D eigenvalue weighted by atomic mass is 10.2. The van der Waals surface area contributed by atoms with Crippen LogP contribution in [0.3, 0.4) is 0 Å². The van der Waals surface area contributed by atoms with Crippen molar-refractivity contribution in [1.29, 1.82) is 0 Å². The summed E-state index contributed by atoms with van der Waals surface area (Å²) in [5.74, 6) is 0.602. The van der Waals surface area contributed by atoms with Crippen molar-refractivity contribution in [2.75, 3.05) is 137 Å². The average Bonchev–Trinajstić information content (AvgIpc) is 3.03. The van der Waals surface area contributed by atoms with E-state index in [4.69, 9.17) is 52.1 Å². The molecule has 0 bridgehead atoms. The van der Waals surface area contributed by atoms with E-state index in [0.717, 1.165) is 5.69 Å². The molecule has 0 fully saturated rings. The topological polar surface area (TPSA) is 160 Å². The second kappa shape index (κ2) is 30.5. The molecule has 15 nitrogen and oxygen atoms in total. The molecule has 0 saturated carbocycles. The van der Waals surface area contributed by atoms with Crippen LogP contribution in [0, 0.1) is 0 Å². The minimum absolute atomic E-state index is 0.111. The monoisotopic (exact) mass is 690 g/mol. The van der Waals surface area contributed by atoms with Crippen molar-refractivity contribution in [2.45, 2.75) is 33.3 Å². The standard InChI is InChI=1S/C33H58N2O13/c1-29(36)35-30-5-7-31(8-6-30)47-28-27-46-26-25-45-24-23-44-22-21-43-20-19-42-18-17-41-16-15-40-14-13-39-12-11-38-10-9-34-32(37)48-33(2,3)4/h5-8H,9-28H2,1-4H3,(H,34,37)(H,35,36). The van der Waals surface area contributed by atoms with Gasteiger partial charge in [0.2, 0.25) is 5.91 Å². The maximum atomic E-state index is 11.5. The number of carbonyl (C=O) groups is 2. The van der Waals surface area contributed by atoms with Gasteiger partial charge >= 0.3 is 6.09 Å². The molecular weight excluding hydrogens is 632 g/mol. The molecule has 0 aliphatic rings. The Kier molecular flexibility index (Phi) is 27.6. The number of hydrogen-bond acceptors (Lipinski definition) is 13. The van der Waals surface area contributed by atoms with E-state index in [9.17, 15) is 9.59 Å². The van der Waals surface area contributed by atoms with Gasteiger partial charge in [0, 0.05) is 19.2 Å². The highest BCUT2D eigenvalue weighted by Gasteiger charge is 2.15. The Morgan fingerprint density at radius 2 is 0.854 bits per heavy atom. The average molecular weight is 691 g/mol. The normalized spacial score (nSPS) is 11.4. The Hall–Kier alpha value is -2.60. The van der Waals surface area contributed by atoms with E-state index in [1.807, 2.05) is 20.8 Å². The van der Waals surface area contributed by atoms with Crippen LogP contribution in [0.5, 0.6) is 5.75 Å². The van der Waals surface area contributed by atoms with Gasteiger partial charge in [-0.25, -0.2) is 4.79 Å². The van der Waals surface area contributed by atoms with E-state index in [-0.39, 0.29) is 5.91 Å². The maximum absolute atomic E-state index is 11.5. The number of nitrogens with one attached hydrogen (secondary N) is 2. The highest BCUT2D eigenvalue weighted by atomic mass is 16.6. The third-order valence-electron chi connectivity index (χ3n) is 5.56. The summed E-state index contributed by atoms with van der Waals surface area (Å²) < 4.78 is 59.9. The van der Waals surface area contributed by atoms with Crippen molar-refractivity contribution >= 4 is 17.7 Å². The number of anilines is 1. The minimum atomic E-state index is -0.514. The van der Waals surface area contributed by atoms with Gasteiger partial charge < -0.3 is 62.7 Å². The summed E-state index contributed by atoms with van der Waals surface area (Å²) in [5.41, 5.74) is 0.214. The first-order chi connectivity index (χ1) is 23.3. The van der Waals surface area contributed by atoms with Crippen LogP contribution in [0.4, 0.5) is 10.5 Å². The van der Waals surface area contributed by atoms with Gasteiger partial charge in [0.1, 0.15) is 18.0 Å². The van der Waals surface area contributed by atoms with Crippen LogP contribution in [0.25, 0.3) is 0 Å². The Morgan fingerprint density at radius 1 is 0.521 bits per heavy atom. The zero-order valence-electron chi connectivity index (χ0n) is 29.3. The summed E-state index contributed by atoms with van der Waals surface area (Å²) >= 11 is 0. The van der Waals surface area contributed by atoms with Crippen molar-refractivity contribution in [1.82, 2.24) is 5.32 Å². The molecule has 15 heteroatoms. The van der Waals surface area contributed by atoms with E-state index in [0.29, 0.717) is 138 Å². The highest BCUT2D eigenvalue weighted by Crippen LogP contribution is 2.15. The third kappa shape index (κ3) is 30.7. The molecule has 1 rings (SSSR count). The highest BCUT2D eigenvalue weighted by molar-refractivity contribution is 5.88. The molecule has 0 spiro atoms. The summed E-state index contributed by atoms with van der Waals surface area (Å²) in [6.07, 6.45) is -0.455. The van der Waals surface area contributed by atoms with Crippen molar-refractivity contribution in [2.24, 2.45) is 0 Å². The molecule has 48 heavy (non-hydrogen) atoms. The van der Waals surface area contributed by atoms with Gasteiger partial charge in [-0.15, -0.1) is 0 Å². The molecule has 1 aromatic carbocycles. The summed E-state index contributed by atoms with van der Waals surface area (Å²) in [4.78, 5) is 22.5. The Morgan fingerprint density at radius 3 is 1.19 bits per heavy atom. The van der Waals surface area contributed by atoms with Crippen LogP contribution in [0.1, 0.15) is 27.7 Å². The zero-order chi connectivity index (χ0) is 35.0. The molecule has 0 aromatic heterocycles. The van der Waals surface area contributed by atoms with Crippen LogP contribution in [0.2, 0.25) is 0 Å². The molecule has 0 unspecified atom stereocenters. The van der Waals surface area contributed by atoms with Gasteiger partial charge in [0.25, 0.3) is 0 Å². The summed E-state index contributed by atoms with van der Waals surface area (Å²) in [5, 5.41) is 5.33. The molecule has 0 atom stereocenters. The fourth-order valence-electron chi connectivity index (χ4n) is 3.46. The van der Waals surface area contributed by atoms with Gasteiger partial charge in [0.15, 0.2) is 0 Å². The number of carbonyl (C=O) groups excluding carboxylic acids is 2. The molecule has 0 saturated heterocycles. The Balaban J connectivity index is 1.68. The molecule has 2 amide bonds. The summed E-state index contributed by atoms with van der Waals surface area (Å²) in [7, 11) is 0. The van der Waals surface area contributed by atoms with E-state index in [1.54, 1.807) is 24.3 Å². The largest absolute Gasteiger partial charge is 0.491 e. The maximum Gasteiger partial charge on any atom is 0.407 e. The molecule has 0 heterocycles. The second-order valence-electron chi connectivity index (χ2n) is 11.0. The lowest BCUT2D eigenvalue weighted by molar-refractivity contribution is -0.114. The number of hydrogen-bond donors (Lipinski definition) is 2. The first-order valence-electron chi connectivity index (χ1n) is 16.4. The van der Waals surface area contributed by atoms with Gasteiger partial charge in [-0.1, -0.05) is 0 Å². The first-order valence-corrected chi connectivity index (χ1v) is 16.4. The second-order valence-corrected chi connectivity index (χ2v) is 11.0.